The Balaban J connectivity index is 3.20. The molecule has 70 valence electrons. The third-order valence-electron chi connectivity index (χ3n) is 1.30. The molecule has 0 rings (SSSR count). The van der Waals surface area contributed by atoms with E-state index < -0.39 is 0 Å². The van der Waals surface area contributed by atoms with Crippen LogP contribution in [0.15, 0.2) is 0 Å². The van der Waals surface area contributed by atoms with Crippen molar-refractivity contribution in [1.29, 1.82) is 0 Å². The van der Waals surface area contributed by atoms with Crippen molar-refractivity contribution in [3.05, 3.63) is 0 Å². The summed E-state index contributed by atoms with van der Waals surface area (Å²) in [5.41, 5.74) is 5.29. The minimum atomic E-state index is 0.0457. The first-order valence-electron chi connectivity index (χ1n) is 3.92. The largest absolute Gasteiger partial charge is 0.728 e. The van der Waals surface area contributed by atoms with Crippen molar-refractivity contribution in [2.24, 2.45) is 5.73 Å². The van der Waals surface area contributed by atoms with Crippen molar-refractivity contribution in [2.45, 2.75) is 19.3 Å². The van der Waals surface area contributed by atoms with Gasteiger partial charge in [0.2, 0.25) is 5.91 Å². The minimum absolute atomic E-state index is 0.0457. The van der Waals surface area contributed by atoms with Gasteiger partial charge in [-0.2, -0.15) is 0 Å². The number of nitrogens with two attached hydrogens (primary N) is 1. The maximum atomic E-state index is 10.9. The van der Waals surface area contributed by atoms with Crippen LogP contribution in [0.4, 0.5) is 0 Å². The van der Waals surface area contributed by atoms with Crippen molar-refractivity contribution >= 4 is 31.4 Å². The second-order valence-electron chi connectivity index (χ2n) is 2.34. The van der Waals surface area contributed by atoms with E-state index in [1.807, 2.05) is 0 Å². The molecule has 0 bridgehead atoms. The van der Waals surface area contributed by atoms with Gasteiger partial charge in [0, 0.05) is 13.0 Å². The number of unbranched alkanes of at least 4 members (excludes halogenated alkanes) is 1. The molecule has 0 aliphatic rings. The molecule has 0 spiro atoms. The topological polar surface area (TPSA) is 55.1 Å². The fraction of sp³-hybridized carbons (Fsp3) is 0.714. The van der Waals surface area contributed by atoms with E-state index in [-0.39, 0.29) is 5.91 Å². The maximum Gasteiger partial charge on any atom is 0.224 e. The molecule has 3 nitrogen and oxygen atoms in total. The molecule has 0 saturated carbocycles. The fourth-order valence-electron chi connectivity index (χ4n) is 0.689. The van der Waals surface area contributed by atoms with Gasteiger partial charge in [-0.3, -0.25) is 12.2 Å². The van der Waals surface area contributed by atoms with Crippen LogP contribution in [-0.2, 0) is 17.0 Å². The summed E-state index contributed by atoms with van der Waals surface area (Å²) in [4.78, 5) is 10.9. The summed E-state index contributed by atoms with van der Waals surface area (Å²) in [6.45, 7) is 1.41. The van der Waals surface area contributed by atoms with Gasteiger partial charge >= 0.3 is 0 Å². The van der Waals surface area contributed by atoms with Gasteiger partial charge in [0.1, 0.15) is 0 Å². The number of rotatable bonds is 6. The van der Waals surface area contributed by atoms with E-state index in [0.29, 0.717) is 13.0 Å². The van der Waals surface area contributed by atoms with Crippen LogP contribution in [0.3, 0.4) is 0 Å². The zero-order valence-corrected chi connectivity index (χ0v) is 8.66. The standard InChI is InChI=1S/C7H14N2OPS/c8-4-1-2-5-9-7(10)3-6-11-12/h6H,1-5,8H2,(H-,9,10,12)/q-1. The molecule has 0 radical (unpaired) electrons. The highest BCUT2D eigenvalue weighted by Gasteiger charge is 1.94. The zero-order chi connectivity index (χ0) is 9.23. The van der Waals surface area contributed by atoms with Gasteiger partial charge in [0.25, 0.3) is 0 Å². The predicted molar refractivity (Wildman–Crippen MR) is 56.3 cm³/mol. The molecule has 0 atom stereocenters. The van der Waals surface area contributed by atoms with Gasteiger partial charge in [0.15, 0.2) is 0 Å². The van der Waals surface area contributed by atoms with E-state index in [1.165, 1.54) is 0 Å². The Morgan fingerprint density at radius 3 is 2.92 bits per heavy atom. The third kappa shape index (κ3) is 8.05. The van der Waals surface area contributed by atoms with Crippen LogP contribution < -0.4 is 11.1 Å². The van der Waals surface area contributed by atoms with Crippen molar-refractivity contribution in [3.63, 3.8) is 0 Å². The summed E-state index contributed by atoms with van der Waals surface area (Å²) >= 11 is 4.64. The lowest BCUT2D eigenvalue weighted by Gasteiger charge is -2.01. The summed E-state index contributed by atoms with van der Waals surface area (Å²) in [5.74, 6) is 1.80. The van der Waals surface area contributed by atoms with Gasteiger partial charge in [-0.05, 0) is 19.4 Å². The van der Waals surface area contributed by atoms with Gasteiger partial charge in [-0.15, -0.1) is 0 Å². The van der Waals surface area contributed by atoms with Crippen molar-refractivity contribution in [2.75, 3.05) is 13.1 Å². The Hall–Kier alpha value is -0.0500. The summed E-state index contributed by atoms with van der Waals surface area (Å²) in [7, 11) is 0.742. The van der Waals surface area contributed by atoms with Gasteiger partial charge in [0.05, 0.1) is 0 Å². The Morgan fingerprint density at radius 2 is 2.33 bits per heavy atom. The molecule has 0 aliphatic carbocycles. The van der Waals surface area contributed by atoms with Gasteiger partial charge in [-0.25, -0.2) is 0 Å². The molecule has 0 saturated heterocycles. The van der Waals surface area contributed by atoms with Crippen molar-refractivity contribution < 1.29 is 4.79 Å². The van der Waals surface area contributed by atoms with Gasteiger partial charge < -0.3 is 23.3 Å². The Kier molecular flexibility index (Phi) is 9.00. The number of hydrogen-bond acceptors (Lipinski definition) is 3. The zero-order valence-electron chi connectivity index (χ0n) is 6.95. The van der Waals surface area contributed by atoms with Gasteiger partial charge in [-0.1, -0.05) is 5.80 Å². The lowest BCUT2D eigenvalue weighted by atomic mass is 10.3. The predicted octanol–water partition coefficient (Wildman–Crippen LogP) is 0.442. The molecule has 0 aromatic heterocycles. The van der Waals surface area contributed by atoms with Crippen LogP contribution in [0, 0.1) is 0 Å². The highest BCUT2D eigenvalue weighted by atomic mass is 32.7. The monoisotopic (exact) mass is 205 g/mol. The minimum Gasteiger partial charge on any atom is -0.728 e. The Morgan fingerprint density at radius 1 is 1.58 bits per heavy atom. The lowest BCUT2D eigenvalue weighted by molar-refractivity contribution is -0.119. The second-order valence-corrected chi connectivity index (χ2v) is 3.55. The number of carbonyl (C=O) groups is 1. The molecule has 0 aromatic rings. The van der Waals surface area contributed by atoms with Crippen LogP contribution in [0.1, 0.15) is 19.3 Å². The van der Waals surface area contributed by atoms with E-state index in [9.17, 15) is 4.79 Å². The summed E-state index contributed by atoms with van der Waals surface area (Å²) in [6.07, 6.45) is 2.34. The molecule has 0 fully saturated rings. The molecular formula is C7H14N2OPS-. The quantitative estimate of drug-likeness (QED) is 0.376. The number of carbonyl (C=O) groups excluding carboxylic acids is 1. The summed E-state index contributed by atoms with van der Waals surface area (Å²) < 4.78 is 0. The number of amides is 1. The summed E-state index contributed by atoms with van der Waals surface area (Å²) in [5, 5.41) is 2.78. The van der Waals surface area contributed by atoms with E-state index in [2.05, 4.69) is 17.6 Å². The van der Waals surface area contributed by atoms with E-state index >= 15 is 0 Å². The SMILES string of the molecule is NCCCCNC(=O)CC=P[S-]. The number of nitrogens with one attached hydrogen (secondary N) is 1. The molecule has 0 heterocycles. The average molecular weight is 205 g/mol. The Bertz CT molecular complexity index is 152. The molecule has 0 aromatic carbocycles. The van der Waals surface area contributed by atoms with E-state index in [0.717, 1.165) is 26.8 Å². The normalized spacial score (nSPS) is 10.5. The first-order chi connectivity index (χ1) is 5.81. The van der Waals surface area contributed by atoms with Crippen molar-refractivity contribution in [1.82, 2.24) is 5.32 Å². The molecule has 1 amide bonds. The maximum absolute atomic E-state index is 10.9. The lowest BCUT2D eigenvalue weighted by Crippen LogP contribution is -2.24. The van der Waals surface area contributed by atoms with Crippen LogP contribution in [0.25, 0.3) is 0 Å². The van der Waals surface area contributed by atoms with E-state index in [1.54, 1.807) is 5.80 Å². The molecular weight excluding hydrogens is 191 g/mol. The highest BCUT2D eigenvalue weighted by molar-refractivity contribution is 8.23. The smallest absolute Gasteiger partial charge is 0.224 e. The molecule has 5 heteroatoms. The number of hydrogen-bond donors (Lipinski definition) is 2. The van der Waals surface area contributed by atoms with E-state index in [4.69, 9.17) is 5.73 Å². The Labute approximate surface area is 80.1 Å². The highest BCUT2D eigenvalue weighted by Crippen LogP contribution is 1.88. The first kappa shape index (κ1) is 11.9. The molecule has 0 aliphatic heterocycles. The van der Waals surface area contributed by atoms with Crippen molar-refractivity contribution in [3.8, 4) is 0 Å². The second kappa shape index (κ2) is 9.04. The van der Waals surface area contributed by atoms with Crippen LogP contribution in [0.2, 0.25) is 0 Å². The summed E-state index contributed by atoms with van der Waals surface area (Å²) in [6, 6.07) is 0. The van der Waals surface area contributed by atoms with Crippen LogP contribution >= 0.6 is 7.41 Å². The first-order valence-corrected chi connectivity index (χ1v) is 5.90. The molecule has 12 heavy (non-hydrogen) atoms. The van der Waals surface area contributed by atoms with Crippen LogP contribution in [-0.4, -0.2) is 24.8 Å². The molecule has 0 unspecified atom stereocenters. The van der Waals surface area contributed by atoms with Crippen LogP contribution in [0.5, 0.6) is 0 Å². The fourth-order valence-corrected chi connectivity index (χ4v) is 1.15. The average Bonchev–Trinajstić information content (AvgIpc) is 2.09. The molecule has 3 N–H and O–H groups in total. The third-order valence-corrected chi connectivity index (χ3v) is 2.08.